The van der Waals surface area contributed by atoms with Gasteiger partial charge in [-0.1, -0.05) is 38.5 Å². The molecule has 1 aromatic carbocycles. The summed E-state index contributed by atoms with van der Waals surface area (Å²) in [6.07, 6.45) is 1.69. The van der Waals surface area contributed by atoms with E-state index in [0.717, 1.165) is 18.4 Å². The summed E-state index contributed by atoms with van der Waals surface area (Å²) in [5.74, 6) is 0. The highest BCUT2D eigenvalue weighted by atomic mass is 32.2. The standard InChI is InChI=1S/C14H22O3S/c1-12-6-8-13(9-7-12)18(15,16)17-11-5-10-14(2,3)4/h6-9H,5,10-11H2,1-4H3. The predicted molar refractivity (Wildman–Crippen MR) is 73.0 cm³/mol. The molecule has 0 aromatic heterocycles. The van der Waals surface area contributed by atoms with Crippen molar-refractivity contribution in [3.8, 4) is 0 Å². The van der Waals surface area contributed by atoms with E-state index < -0.39 is 10.1 Å². The van der Waals surface area contributed by atoms with Crippen LogP contribution in [0.1, 0.15) is 39.2 Å². The molecule has 0 amide bonds. The molecule has 0 saturated heterocycles. The zero-order valence-electron chi connectivity index (χ0n) is 11.6. The molecular formula is C14H22O3S. The summed E-state index contributed by atoms with van der Waals surface area (Å²) in [5, 5.41) is 0. The summed E-state index contributed by atoms with van der Waals surface area (Å²) in [6.45, 7) is 8.54. The van der Waals surface area contributed by atoms with E-state index in [-0.39, 0.29) is 16.9 Å². The van der Waals surface area contributed by atoms with Gasteiger partial charge in [0.1, 0.15) is 0 Å². The molecule has 0 fully saturated rings. The summed E-state index contributed by atoms with van der Waals surface area (Å²) < 4.78 is 28.7. The first-order valence-corrected chi connectivity index (χ1v) is 7.58. The van der Waals surface area contributed by atoms with Gasteiger partial charge in [0, 0.05) is 0 Å². The van der Waals surface area contributed by atoms with Gasteiger partial charge in [0.2, 0.25) is 0 Å². The normalized spacial score (nSPS) is 12.7. The molecular weight excluding hydrogens is 248 g/mol. The fourth-order valence-electron chi connectivity index (χ4n) is 1.54. The quantitative estimate of drug-likeness (QED) is 0.607. The number of hydrogen-bond acceptors (Lipinski definition) is 3. The first kappa shape index (κ1) is 15.2. The average molecular weight is 270 g/mol. The van der Waals surface area contributed by atoms with E-state index in [1.165, 1.54) is 0 Å². The second kappa shape index (κ2) is 5.85. The van der Waals surface area contributed by atoms with Gasteiger partial charge >= 0.3 is 0 Å². The second-order valence-electron chi connectivity index (χ2n) is 5.75. The molecule has 0 bridgehead atoms. The van der Waals surface area contributed by atoms with E-state index >= 15 is 0 Å². The molecule has 0 saturated carbocycles. The van der Waals surface area contributed by atoms with Crippen LogP contribution in [0.4, 0.5) is 0 Å². The van der Waals surface area contributed by atoms with Crippen LogP contribution in [0.15, 0.2) is 29.2 Å². The Labute approximate surface area is 110 Å². The molecule has 1 rings (SSSR count). The monoisotopic (exact) mass is 270 g/mol. The summed E-state index contributed by atoms with van der Waals surface area (Å²) in [6, 6.07) is 6.69. The van der Waals surface area contributed by atoms with Crippen molar-refractivity contribution in [3.05, 3.63) is 29.8 Å². The summed E-state index contributed by atoms with van der Waals surface area (Å²) in [4.78, 5) is 0.226. The van der Waals surface area contributed by atoms with Crippen LogP contribution < -0.4 is 0 Å². The summed E-state index contributed by atoms with van der Waals surface area (Å²) >= 11 is 0. The average Bonchev–Trinajstić information content (AvgIpc) is 2.24. The fraction of sp³-hybridized carbons (Fsp3) is 0.571. The molecule has 0 aliphatic heterocycles. The lowest BCUT2D eigenvalue weighted by atomic mass is 9.91. The SMILES string of the molecule is Cc1ccc(S(=O)(=O)OCCCC(C)(C)C)cc1. The number of rotatable bonds is 5. The lowest BCUT2D eigenvalue weighted by Gasteiger charge is -2.17. The Morgan fingerprint density at radius 1 is 1.11 bits per heavy atom. The lowest BCUT2D eigenvalue weighted by Crippen LogP contribution is -2.11. The van der Waals surface area contributed by atoms with E-state index in [0.29, 0.717) is 0 Å². The molecule has 0 unspecified atom stereocenters. The third-order valence-electron chi connectivity index (χ3n) is 2.62. The lowest BCUT2D eigenvalue weighted by molar-refractivity contribution is 0.272. The Morgan fingerprint density at radius 3 is 2.17 bits per heavy atom. The molecule has 102 valence electrons. The van der Waals surface area contributed by atoms with Gasteiger partial charge in [-0.3, -0.25) is 4.18 Å². The maximum Gasteiger partial charge on any atom is 0.296 e. The Kier molecular flexibility index (Phi) is 4.93. The van der Waals surface area contributed by atoms with Gasteiger partial charge in [-0.25, -0.2) is 0 Å². The highest BCUT2D eigenvalue weighted by molar-refractivity contribution is 7.86. The van der Waals surface area contributed by atoms with E-state index in [4.69, 9.17) is 4.18 Å². The molecule has 0 spiro atoms. The summed E-state index contributed by atoms with van der Waals surface area (Å²) in [7, 11) is -3.59. The van der Waals surface area contributed by atoms with Gasteiger partial charge in [0.15, 0.2) is 0 Å². The molecule has 0 N–H and O–H groups in total. The van der Waals surface area contributed by atoms with Gasteiger partial charge in [-0.15, -0.1) is 0 Å². The van der Waals surface area contributed by atoms with Crippen LogP contribution in [0.25, 0.3) is 0 Å². The van der Waals surface area contributed by atoms with Crippen LogP contribution in [0.5, 0.6) is 0 Å². The van der Waals surface area contributed by atoms with Crippen LogP contribution >= 0.6 is 0 Å². The van der Waals surface area contributed by atoms with Crippen molar-refractivity contribution in [3.63, 3.8) is 0 Å². The van der Waals surface area contributed by atoms with Crippen molar-refractivity contribution in [2.75, 3.05) is 6.61 Å². The number of hydrogen-bond donors (Lipinski definition) is 0. The largest absolute Gasteiger partial charge is 0.296 e. The molecule has 4 heteroatoms. The van der Waals surface area contributed by atoms with E-state index in [1.54, 1.807) is 24.3 Å². The molecule has 18 heavy (non-hydrogen) atoms. The van der Waals surface area contributed by atoms with E-state index in [2.05, 4.69) is 20.8 Å². The number of benzene rings is 1. The van der Waals surface area contributed by atoms with Crippen molar-refractivity contribution in [1.82, 2.24) is 0 Å². The van der Waals surface area contributed by atoms with Gasteiger partial charge < -0.3 is 0 Å². The van der Waals surface area contributed by atoms with E-state index in [1.807, 2.05) is 6.92 Å². The van der Waals surface area contributed by atoms with Crippen molar-refractivity contribution in [1.29, 1.82) is 0 Å². The highest BCUT2D eigenvalue weighted by Gasteiger charge is 2.15. The maximum absolute atomic E-state index is 11.8. The van der Waals surface area contributed by atoms with Gasteiger partial charge in [0.05, 0.1) is 11.5 Å². The van der Waals surface area contributed by atoms with E-state index in [9.17, 15) is 8.42 Å². The Hall–Kier alpha value is -0.870. The van der Waals surface area contributed by atoms with Crippen LogP contribution in [-0.4, -0.2) is 15.0 Å². The van der Waals surface area contributed by atoms with Crippen LogP contribution in [0.3, 0.4) is 0 Å². The van der Waals surface area contributed by atoms with Crippen LogP contribution in [0, 0.1) is 12.3 Å². The van der Waals surface area contributed by atoms with Crippen molar-refractivity contribution >= 4 is 10.1 Å². The third kappa shape index (κ3) is 5.19. The molecule has 0 heterocycles. The highest BCUT2D eigenvalue weighted by Crippen LogP contribution is 2.21. The second-order valence-corrected chi connectivity index (χ2v) is 7.37. The number of aryl methyl sites for hydroxylation is 1. The van der Waals surface area contributed by atoms with Crippen LogP contribution in [-0.2, 0) is 14.3 Å². The molecule has 0 atom stereocenters. The van der Waals surface area contributed by atoms with Gasteiger partial charge in [0.25, 0.3) is 10.1 Å². The molecule has 0 aliphatic rings. The fourth-order valence-corrected chi connectivity index (χ4v) is 2.49. The molecule has 0 aliphatic carbocycles. The van der Waals surface area contributed by atoms with Gasteiger partial charge in [-0.05, 0) is 37.3 Å². The Morgan fingerprint density at radius 2 is 1.67 bits per heavy atom. The first-order chi connectivity index (χ1) is 8.21. The zero-order valence-corrected chi connectivity index (χ0v) is 12.4. The zero-order chi connectivity index (χ0) is 13.8. The first-order valence-electron chi connectivity index (χ1n) is 6.17. The smallest absolute Gasteiger partial charge is 0.266 e. The minimum absolute atomic E-state index is 0.205. The molecule has 3 nitrogen and oxygen atoms in total. The third-order valence-corrected chi connectivity index (χ3v) is 3.95. The van der Waals surface area contributed by atoms with Gasteiger partial charge in [-0.2, -0.15) is 8.42 Å². The van der Waals surface area contributed by atoms with Crippen LogP contribution in [0.2, 0.25) is 0 Å². The topological polar surface area (TPSA) is 43.4 Å². The molecule has 1 aromatic rings. The minimum Gasteiger partial charge on any atom is -0.266 e. The maximum atomic E-state index is 11.8. The molecule has 0 radical (unpaired) electrons. The Bertz CT molecular complexity index is 467. The summed E-state index contributed by atoms with van der Waals surface area (Å²) in [5.41, 5.74) is 1.23. The minimum atomic E-state index is -3.59. The predicted octanol–water partition coefficient (Wildman–Crippen LogP) is 3.53. The van der Waals surface area contributed by atoms with Crippen molar-refractivity contribution in [2.45, 2.75) is 45.4 Å². The Balaban J connectivity index is 2.53. The van der Waals surface area contributed by atoms with Crippen molar-refractivity contribution < 1.29 is 12.6 Å². The van der Waals surface area contributed by atoms with Crippen molar-refractivity contribution in [2.24, 2.45) is 5.41 Å².